The molecule has 0 saturated heterocycles. The number of benzene rings is 6. The number of unbranched alkanes of at least 4 members (excludes halogenated alkanes) is 5. The summed E-state index contributed by atoms with van der Waals surface area (Å²) in [6, 6.07) is 44.5. The van der Waals surface area contributed by atoms with E-state index in [2.05, 4.69) is 97.9 Å². The van der Waals surface area contributed by atoms with Gasteiger partial charge in [-0.2, -0.15) is 0 Å². The Morgan fingerprint density at radius 3 is 1.00 bits per heavy atom. The maximum atomic E-state index is 11.9. The molecule has 0 atom stereocenters. The smallest absolute Gasteiger partial charge is 0.166 e. The summed E-state index contributed by atoms with van der Waals surface area (Å²) in [5.41, 5.74) is 5.26. The van der Waals surface area contributed by atoms with Crippen LogP contribution in [0.2, 0.25) is 0 Å². The van der Waals surface area contributed by atoms with E-state index in [4.69, 9.17) is 0 Å². The van der Waals surface area contributed by atoms with Gasteiger partial charge in [0, 0.05) is 51.8 Å². The van der Waals surface area contributed by atoms with Crippen molar-refractivity contribution < 1.29 is 27.4 Å². The van der Waals surface area contributed by atoms with E-state index in [1.165, 1.54) is 27.5 Å². The number of ketones is 3. The first kappa shape index (κ1) is 50.6. The van der Waals surface area contributed by atoms with Gasteiger partial charge in [-0.05, 0) is 174 Å². The molecule has 6 aromatic rings. The first-order valence-corrected chi connectivity index (χ1v) is 26.6. The van der Waals surface area contributed by atoms with E-state index in [0.717, 1.165) is 82.0 Å². The van der Waals surface area contributed by atoms with Crippen LogP contribution in [-0.2, 0) is 21.0 Å². The number of carbonyl (C=O) groups excluding carboxylic acids is 3. The molecule has 0 heterocycles. The number of hydrogen-bond acceptors (Lipinski definition) is 9. The standard InChI is InChI=1S/C45H39O3S4.C8H18O3S/c1-28-25-37(13-22-43(28)31(4)46)49-34-7-16-40(17-8-34)52(41-18-9-35(10-19-41)50-38-14-23-44(32(5)47)29(2)26-38)42-20-11-36(12-21-42)51-39-15-24-45(33(6)48)30(3)27-39;1-2-3-4-5-6-7-8-12(9,10)11/h7-27H,1-6H3;2-8H2,1H3,(H,9,10,11)/q+1;/p-1. The maximum absolute atomic E-state index is 11.9. The number of aryl methyl sites for hydroxylation is 3. The minimum atomic E-state index is -3.97. The van der Waals surface area contributed by atoms with Gasteiger partial charge in [0.1, 0.15) is 0 Å². The van der Waals surface area contributed by atoms with Gasteiger partial charge in [0.2, 0.25) is 0 Å². The summed E-state index contributed by atoms with van der Waals surface area (Å²) in [4.78, 5) is 46.2. The molecule has 0 fully saturated rings. The minimum absolute atomic E-state index is 0.0838. The normalized spacial score (nSPS) is 11.3. The number of rotatable bonds is 19. The van der Waals surface area contributed by atoms with Crippen LogP contribution < -0.4 is 0 Å². The Labute approximate surface area is 396 Å². The Morgan fingerprint density at radius 1 is 0.453 bits per heavy atom. The van der Waals surface area contributed by atoms with Crippen molar-refractivity contribution in [3.05, 3.63) is 161 Å². The summed E-state index contributed by atoms with van der Waals surface area (Å²) in [5.74, 6) is 0.0561. The van der Waals surface area contributed by atoms with Gasteiger partial charge < -0.3 is 4.55 Å². The third kappa shape index (κ3) is 15.4. The summed E-state index contributed by atoms with van der Waals surface area (Å²) in [5, 5.41) is 0. The van der Waals surface area contributed by atoms with Crippen molar-refractivity contribution in [3.8, 4) is 0 Å². The second-order valence-electron chi connectivity index (χ2n) is 15.7. The predicted octanol–water partition coefficient (Wildman–Crippen LogP) is 14.7. The fourth-order valence-corrected chi connectivity index (χ4v) is 12.4. The minimum Gasteiger partial charge on any atom is -0.748 e. The lowest BCUT2D eigenvalue weighted by atomic mass is 10.1. The van der Waals surface area contributed by atoms with Gasteiger partial charge in [-0.1, -0.05) is 92.5 Å². The molecular formula is C53H56O6S5. The van der Waals surface area contributed by atoms with Gasteiger partial charge in [0.25, 0.3) is 0 Å². The van der Waals surface area contributed by atoms with Crippen LogP contribution in [0.25, 0.3) is 0 Å². The van der Waals surface area contributed by atoms with Crippen LogP contribution >= 0.6 is 35.3 Å². The summed E-state index contributed by atoms with van der Waals surface area (Å²) in [6.07, 6.45) is 5.96. The SMILES string of the molecule is CC(=O)c1ccc(Sc2ccc([S+](c3ccc(Sc4ccc(C(C)=O)c(C)c4)cc3)c3ccc(Sc4ccc(C(C)=O)c(C)c4)cc3)cc2)cc1C.CCCCCCCCS(=O)(=O)[O-]. The third-order valence-electron chi connectivity index (χ3n) is 10.4. The van der Waals surface area contributed by atoms with Gasteiger partial charge in [-0.15, -0.1) is 0 Å². The highest BCUT2D eigenvalue weighted by atomic mass is 32.2. The molecule has 0 bridgehead atoms. The average molecular weight is 949 g/mol. The summed E-state index contributed by atoms with van der Waals surface area (Å²) >= 11 is 5.09. The van der Waals surface area contributed by atoms with Crippen molar-refractivity contribution in [1.29, 1.82) is 0 Å². The molecule has 6 nitrogen and oxygen atoms in total. The van der Waals surface area contributed by atoms with Crippen LogP contribution in [0.3, 0.4) is 0 Å². The Hall–Kier alpha value is -4.36. The van der Waals surface area contributed by atoms with Crippen molar-refractivity contribution in [1.82, 2.24) is 0 Å². The van der Waals surface area contributed by atoms with Crippen LogP contribution in [0.1, 0.15) is 114 Å². The molecule has 0 radical (unpaired) electrons. The molecule has 6 rings (SSSR count). The van der Waals surface area contributed by atoms with E-state index in [0.29, 0.717) is 6.42 Å². The summed E-state index contributed by atoms with van der Waals surface area (Å²) in [6.45, 7) is 12.9. The number of carbonyl (C=O) groups is 3. The van der Waals surface area contributed by atoms with Crippen LogP contribution in [0.4, 0.5) is 0 Å². The van der Waals surface area contributed by atoms with Gasteiger partial charge in [-0.25, -0.2) is 8.42 Å². The van der Waals surface area contributed by atoms with Crippen molar-refractivity contribution in [2.45, 2.75) is 131 Å². The van der Waals surface area contributed by atoms with E-state index >= 15 is 0 Å². The highest BCUT2D eigenvalue weighted by molar-refractivity contribution is 8.00. The second kappa shape index (κ2) is 24.2. The number of Topliss-reactive ketones (excluding diaryl/α,β-unsaturated/α-hetero) is 3. The first-order valence-electron chi connectivity index (χ1n) is 21.4. The van der Waals surface area contributed by atoms with Crippen LogP contribution in [0.5, 0.6) is 0 Å². The van der Waals surface area contributed by atoms with Crippen molar-refractivity contribution in [2.24, 2.45) is 0 Å². The van der Waals surface area contributed by atoms with E-state index < -0.39 is 10.1 Å². The Kier molecular flexibility index (Phi) is 19.2. The molecular weight excluding hydrogens is 893 g/mol. The molecule has 6 aromatic carbocycles. The van der Waals surface area contributed by atoms with Gasteiger partial charge in [0.15, 0.2) is 32.0 Å². The van der Waals surface area contributed by atoms with E-state index in [-0.39, 0.29) is 34.0 Å². The fraction of sp³-hybridized carbons (Fsp3) is 0.264. The number of hydrogen-bond donors (Lipinski definition) is 0. The highest BCUT2D eigenvalue weighted by Crippen LogP contribution is 2.38. The second-order valence-corrected chi connectivity index (χ2v) is 22.6. The zero-order valence-corrected chi connectivity index (χ0v) is 41.6. The van der Waals surface area contributed by atoms with E-state index in [1.54, 1.807) is 56.1 Å². The highest BCUT2D eigenvalue weighted by Gasteiger charge is 2.29. The molecule has 0 N–H and O–H groups in total. The topological polar surface area (TPSA) is 108 Å². The summed E-state index contributed by atoms with van der Waals surface area (Å²) in [7, 11) is -4.32. The molecule has 0 aromatic heterocycles. The Morgan fingerprint density at radius 2 is 0.734 bits per heavy atom. The molecule has 11 heteroatoms. The molecule has 0 unspecified atom stereocenters. The lowest BCUT2D eigenvalue weighted by Gasteiger charge is -2.11. The average Bonchev–Trinajstić information content (AvgIpc) is 3.23. The van der Waals surface area contributed by atoms with Crippen LogP contribution in [0.15, 0.2) is 171 Å². The van der Waals surface area contributed by atoms with Crippen molar-refractivity contribution in [2.75, 3.05) is 5.75 Å². The molecule has 64 heavy (non-hydrogen) atoms. The zero-order chi connectivity index (χ0) is 46.4. The summed E-state index contributed by atoms with van der Waals surface area (Å²) < 4.78 is 30.5. The lowest BCUT2D eigenvalue weighted by molar-refractivity contribution is 0.100. The van der Waals surface area contributed by atoms with Gasteiger partial charge in [-0.3, -0.25) is 14.4 Å². The zero-order valence-electron chi connectivity index (χ0n) is 37.6. The van der Waals surface area contributed by atoms with Gasteiger partial charge in [0.05, 0.1) is 21.0 Å². The molecule has 0 aliphatic heterocycles. The molecule has 334 valence electrons. The van der Waals surface area contributed by atoms with Crippen LogP contribution in [0, 0.1) is 20.8 Å². The monoisotopic (exact) mass is 948 g/mol. The van der Waals surface area contributed by atoms with E-state index in [9.17, 15) is 27.4 Å². The Bertz CT molecular complexity index is 2400. The lowest BCUT2D eigenvalue weighted by Crippen LogP contribution is -2.04. The fourth-order valence-electron chi connectivity index (χ4n) is 7.09. The molecule has 0 amide bonds. The molecule has 0 aliphatic carbocycles. The first-order chi connectivity index (χ1) is 30.5. The largest absolute Gasteiger partial charge is 0.748 e. The third-order valence-corrected chi connectivity index (χ3v) is 16.4. The van der Waals surface area contributed by atoms with Gasteiger partial charge >= 0.3 is 0 Å². The molecule has 0 aliphatic rings. The quantitative estimate of drug-likeness (QED) is 0.0339. The van der Waals surface area contributed by atoms with Crippen molar-refractivity contribution in [3.63, 3.8) is 0 Å². The predicted molar refractivity (Wildman–Crippen MR) is 265 cm³/mol. The van der Waals surface area contributed by atoms with Crippen LogP contribution in [-0.4, -0.2) is 36.1 Å². The Balaban J connectivity index is 0.000000562. The maximum Gasteiger partial charge on any atom is 0.166 e. The molecule has 0 spiro atoms. The van der Waals surface area contributed by atoms with E-state index in [1.807, 2.05) is 57.2 Å². The van der Waals surface area contributed by atoms with Crippen molar-refractivity contribution >= 4 is 73.6 Å². The molecule has 0 saturated carbocycles.